The van der Waals surface area contributed by atoms with Crippen molar-refractivity contribution in [3.63, 3.8) is 0 Å². The number of hydrogen-bond acceptors (Lipinski definition) is 6. The number of aliphatic hydroxyl groups excluding tert-OH is 1. The molecule has 0 radical (unpaired) electrons. The molecule has 38 heavy (non-hydrogen) atoms. The van der Waals surface area contributed by atoms with Crippen LogP contribution in [-0.4, -0.2) is 39.7 Å². The van der Waals surface area contributed by atoms with Crippen LogP contribution in [0, 0.1) is 30.1 Å². The fourth-order valence-electron chi connectivity index (χ4n) is 4.98. The fraction of sp³-hybridized carbons (Fsp3) is 0.690. The summed E-state index contributed by atoms with van der Waals surface area (Å²) in [5, 5.41) is 13.3. The van der Waals surface area contributed by atoms with Crippen molar-refractivity contribution in [3.8, 4) is 0 Å². The van der Waals surface area contributed by atoms with Crippen molar-refractivity contribution in [2.45, 2.75) is 105 Å². The third-order valence-corrected chi connectivity index (χ3v) is 9.07. The first-order chi connectivity index (χ1) is 17.4. The molecule has 0 amide bonds. The molecule has 0 aliphatic carbocycles. The Morgan fingerprint density at radius 3 is 2.39 bits per heavy atom. The lowest BCUT2D eigenvalue weighted by Gasteiger charge is -2.38. The van der Waals surface area contributed by atoms with Gasteiger partial charge in [0.25, 0.3) is 0 Å². The van der Waals surface area contributed by atoms with E-state index in [1.54, 1.807) is 19.2 Å². The molecule has 0 spiro atoms. The Kier molecular flexibility index (Phi) is 10.6. The zero-order valence-corrected chi connectivity index (χ0v) is 24.6. The van der Waals surface area contributed by atoms with Gasteiger partial charge in [-0.15, -0.1) is 11.3 Å². The molecule has 5 nitrogen and oxygen atoms in total. The molecule has 5 atom stereocenters. The van der Waals surface area contributed by atoms with E-state index < -0.39 is 48.0 Å². The molecule has 214 valence electrons. The van der Waals surface area contributed by atoms with E-state index in [2.05, 4.69) is 11.9 Å². The monoisotopic (exact) mass is 557 g/mol. The summed E-state index contributed by atoms with van der Waals surface area (Å²) in [4.78, 5) is 30.6. The van der Waals surface area contributed by atoms with Crippen molar-refractivity contribution >= 4 is 29.2 Å². The zero-order chi connectivity index (χ0) is 29.1. The van der Waals surface area contributed by atoms with Crippen LogP contribution in [0.25, 0.3) is 6.08 Å². The van der Waals surface area contributed by atoms with E-state index in [1.165, 1.54) is 44.3 Å². The van der Waals surface area contributed by atoms with E-state index in [0.717, 1.165) is 18.4 Å². The lowest BCUT2D eigenvalue weighted by Crippen LogP contribution is -2.51. The first-order valence-corrected chi connectivity index (χ1v) is 14.1. The highest BCUT2D eigenvalue weighted by Gasteiger charge is 2.59. The van der Waals surface area contributed by atoms with E-state index in [-0.39, 0.29) is 23.2 Å². The van der Waals surface area contributed by atoms with Crippen LogP contribution in [-0.2, 0) is 14.3 Å². The highest BCUT2D eigenvalue weighted by atomic mass is 32.1. The van der Waals surface area contributed by atoms with Gasteiger partial charge in [-0.05, 0) is 57.1 Å². The lowest BCUT2D eigenvalue weighted by atomic mass is 9.70. The number of thiazole rings is 1. The zero-order valence-electron chi connectivity index (χ0n) is 23.7. The minimum Gasteiger partial charge on any atom is -0.444 e. The van der Waals surface area contributed by atoms with Crippen molar-refractivity contribution < 1.29 is 32.6 Å². The van der Waals surface area contributed by atoms with Gasteiger partial charge in [0.15, 0.2) is 0 Å². The summed E-state index contributed by atoms with van der Waals surface area (Å²) in [7, 11) is 0. The van der Waals surface area contributed by atoms with Crippen LogP contribution in [0.15, 0.2) is 22.6 Å². The van der Waals surface area contributed by atoms with E-state index in [9.17, 15) is 27.9 Å². The van der Waals surface area contributed by atoms with E-state index in [0.29, 0.717) is 17.1 Å². The van der Waals surface area contributed by atoms with Crippen molar-refractivity contribution in [2.75, 3.05) is 0 Å². The van der Waals surface area contributed by atoms with E-state index >= 15 is 0 Å². The van der Waals surface area contributed by atoms with Gasteiger partial charge in [-0.1, -0.05) is 52.7 Å². The topological polar surface area (TPSA) is 76.5 Å². The quantitative estimate of drug-likeness (QED) is 0.301. The maximum absolute atomic E-state index is 14.8. The molecule has 5 unspecified atom stereocenters. The van der Waals surface area contributed by atoms with Crippen molar-refractivity contribution in [2.24, 2.45) is 23.2 Å². The second kappa shape index (κ2) is 12.5. The first kappa shape index (κ1) is 32.2. The van der Waals surface area contributed by atoms with Crippen molar-refractivity contribution in [1.82, 2.24) is 4.98 Å². The fourth-order valence-corrected chi connectivity index (χ4v) is 5.55. The van der Waals surface area contributed by atoms with Gasteiger partial charge in [0.2, 0.25) is 5.60 Å². The first-order valence-electron chi connectivity index (χ1n) is 13.2. The van der Waals surface area contributed by atoms with Gasteiger partial charge in [0, 0.05) is 17.7 Å². The van der Waals surface area contributed by atoms with Crippen LogP contribution in [0.1, 0.15) is 91.3 Å². The minimum atomic E-state index is -4.94. The van der Waals surface area contributed by atoms with Crippen LogP contribution in [0.2, 0.25) is 0 Å². The average molecular weight is 558 g/mol. The Hall–Kier alpha value is -2.00. The van der Waals surface area contributed by atoms with Crippen LogP contribution < -0.4 is 0 Å². The Balaban J connectivity index is 2.59. The molecule has 0 aromatic carbocycles. The van der Waals surface area contributed by atoms with Gasteiger partial charge in [0.1, 0.15) is 5.78 Å². The number of ketones is 1. The number of hydrogen-bond donors (Lipinski definition) is 1. The molecule has 0 saturated heterocycles. The van der Waals surface area contributed by atoms with Crippen LogP contribution >= 0.6 is 11.3 Å². The summed E-state index contributed by atoms with van der Waals surface area (Å²) >= 11 is 1.31. The number of aliphatic hydroxyl groups is 1. The Morgan fingerprint density at radius 1 is 1.21 bits per heavy atom. The molecule has 1 aliphatic heterocycles. The summed E-state index contributed by atoms with van der Waals surface area (Å²) in [6.45, 7) is 13.8. The van der Waals surface area contributed by atoms with Crippen LogP contribution in [0.5, 0.6) is 0 Å². The molecule has 1 aromatic heterocycles. The molecular formula is C29H42F3NO4S. The second-order valence-corrected chi connectivity index (χ2v) is 12.6. The van der Waals surface area contributed by atoms with Gasteiger partial charge >= 0.3 is 12.1 Å². The maximum Gasteiger partial charge on any atom is 0.432 e. The number of Topliss-reactive ketones (excluding diaryl/α,β-unsaturated/α-hetero) is 1. The van der Waals surface area contributed by atoms with Crippen LogP contribution in [0.4, 0.5) is 13.2 Å². The predicted octanol–water partition coefficient (Wildman–Crippen LogP) is 7.47. The van der Waals surface area contributed by atoms with Gasteiger partial charge in [-0.2, -0.15) is 13.2 Å². The number of carbonyl (C=O) groups excluding carboxylic acids is 2. The predicted molar refractivity (Wildman–Crippen MR) is 145 cm³/mol. The third-order valence-electron chi connectivity index (χ3n) is 8.28. The maximum atomic E-state index is 14.8. The van der Waals surface area contributed by atoms with E-state index in [1.807, 2.05) is 13.8 Å². The molecule has 0 fully saturated rings. The van der Waals surface area contributed by atoms with Crippen molar-refractivity contribution in [3.05, 3.63) is 33.3 Å². The Bertz CT molecular complexity index is 1060. The molecule has 0 bridgehead atoms. The van der Waals surface area contributed by atoms with Gasteiger partial charge in [-0.25, -0.2) is 4.98 Å². The normalized spacial score (nSPS) is 31.1. The molecule has 1 N–H and O–H groups in total. The largest absolute Gasteiger partial charge is 0.444 e. The summed E-state index contributed by atoms with van der Waals surface area (Å²) < 4.78 is 49.8. The number of ether oxygens (including phenoxy) is 1. The Labute approximate surface area is 228 Å². The number of carbonyl (C=O) groups is 2. The summed E-state index contributed by atoms with van der Waals surface area (Å²) in [5.41, 5.74) is -3.38. The van der Waals surface area contributed by atoms with Gasteiger partial charge in [0.05, 0.1) is 28.6 Å². The highest BCUT2D eigenvalue weighted by Crippen LogP contribution is 2.44. The van der Waals surface area contributed by atoms with Crippen molar-refractivity contribution in [1.29, 1.82) is 0 Å². The lowest BCUT2D eigenvalue weighted by molar-refractivity contribution is -0.255. The summed E-state index contributed by atoms with van der Waals surface area (Å²) in [6.07, 6.45) is -2.82. The van der Waals surface area contributed by atoms with E-state index in [4.69, 9.17) is 4.74 Å². The molecule has 0 saturated carbocycles. The average Bonchev–Trinajstić information content (AvgIpc) is 3.22. The SMILES string of the molecule is CC1=CCC(C(C)=Cc2csc(C)n2)(C(F)(F)F)OC(=O)CC(O)C(C)(C)C(=O)C(C)C(C)C(C)CCC1. The number of allylic oxidation sites excluding steroid dienone is 1. The third kappa shape index (κ3) is 7.34. The number of nitrogens with zero attached hydrogens (tertiary/aromatic N) is 1. The summed E-state index contributed by atoms with van der Waals surface area (Å²) in [6, 6.07) is 0. The molecule has 9 heteroatoms. The minimum absolute atomic E-state index is 0.0399. The smallest absolute Gasteiger partial charge is 0.432 e. The Morgan fingerprint density at radius 2 is 1.84 bits per heavy atom. The highest BCUT2D eigenvalue weighted by molar-refractivity contribution is 7.09. The second-order valence-electron chi connectivity index (χ2n) is 11.5. The number of alkyl halides is 3. The number of rotatable bonds is 2. The number of aromatic nitrogens is 1. The number of esters is 1. The number of cyclic esters (lactones) is 1. The van der Waals surface area contributed by atoms with Gasteiger partial charge < -0.3 is 9.84 Å². The molecule has 1 aromatic rings. The molecule has 2 heterocycles. The molecular weight excluding hydrogens is 515 g/mol. The number of halogens is 3. The number of aryl methyl sites for hydroxylation is 1. The standard InChI is InChI=1S/C29H42F3NO4S/c1-17-10-9-11-18(2)20(4)21(5)26(36)27(7,8)24(34)15-25(35)37-28(13-12-17,29(30,31)32)19(3)14-23-16-38-22(6)33-23/h12,14,16,18,20-21,24,34H,9-11,13,15H2,1-8H3. The molecule has 2 rings (SSSR count). The summed E-state index contributed by atoms with van der Waals surface area (Å²) in [5.74, 6) is -1.59. The van der Waals surface area contributed by atoms with Crippen LogP contribution in [0.3, 0.4) is 0 Å². The van der Waals surface area contributed by atoms with Gasteiger partial charge in [-0.3, -0.25) is 9.59 Å². The molecule has 1 aliphatic rings.